The highest BCUT2D eigenvalue weighted by molar-refractivity contribution is 7.99. The number of urea groups is 1. The van der Waals surface area contributed by atoms with E-state index in [1.165, 1.54) is 11.8 Å². The lowest BCUT2D eigenvalue weighted by Gasteiger charge is -2.41. The van der Waals surface area contributed by atoms with E-state index in [1.807, 2.05) is 31.0 Å². The second-order valence-electron chi connectivity index (χ2n) is 11.6. The van der Waals surface area contributed by atoms with E-state index in [1.54, 1.807) is 24.4 Å². The van der Waals surface area contributed by atoms with Crippen molar-refractivity contribution in [3.8, 4) is 5.75 Å². The molecule has 4 aliphatic rings. The minimum atomic E-state index is -0.435. The molecule has 210 valence electrons. The number of anilines is 2. The summed E-state index contributed by atoms with van der Waals surface area (Å²) in [5.74, 6) is 2.03. The first-order chi connectivity index (χ1) is 18.7. The number of carbonyl (C=O) groups is 1. The monoisotopic (exact) mass is 555 g/mol. The van der Waals surface area contributed by atoms with Crippen molar-refractivity contribution in [3.05, 3.63) is 24.7 Å². The Morgan fingerprint density at radius 2 is 2.03 bits per heavy atom. The molecule has 2 N–H and O–H groups in total. The van der Waals surface area contributed by atoms with Gasteiger partial charge in [-0.3, -0.25) is 4.90 Å². The maximum Gasteiger partial charge on any atom is 0.326 e. The molecule has 3 atom stereocenters. The van der Waals surface area contributed by atoms with Gasteiger partial charge in [0.05, 0.1) is 48.2 Å². The fraction of sp³-hybridized carbons (Fsp3) is 0.630. The van der Waals surface area contributed by atoms with Gasteiger partial charge in [-0.05, 0) is 39.7 Å². The van der Waals surface area contributed by atoms with Gasteiger partial charge in [0.15, 0.2) is 11.6 Å². The molecular formula is C27H37N7O4S. The molecule has 4 aliphatic heterocycles. The van der Waals surface area contributed by atoms with Crippen LogP contribution in [0.3, 0.4) is 0 Å². The maximum atomic E-state index is 13.3. The second kappa shape index (κ2) is 10.1. The summed E-state index contributed by atoms with van der Waals surface area (Å²) in [6.45, 7) is 10.0. The molecule has 0 bridgehead atoms. The summed E-state index contributed by atoms with van der Waals surface area (Å²) in [4.78, 5) is 34.0. The zero-order chi connectivity index (χ0) is 27.4. The van der Waals surface area contributed by atoms with Gasteiger partial charge in [0.1, 0.15) is 17.5 Å². The van der Waals surface area contributed by atoms with Crippen LogP contribution >= 0.6 is 11.8 Å². The highest BCUT2D eigenvalue weighted by atomic mass is 32.2. The van der Waals surface area contributed by atoms with Gasteiger partial charge in [-0.25, -0.2) is 19.7 Å². The molecule has 3 fully saturated rings. The fourth-order valence-corrected chi connectivity index (χ4v) is 6.86. The number of nitrogens with zero attached hydrogens (tertiary/aromatic N) is 6. The molecule has 0 saturated carbocycles. The van der Waals surface area contributed by atoms with Gasteiger partial charge >= 0.3 is 6.03 Å². The molecule has 11 nitrogen and oxygen atoms in total. The highest BCUT2D eigenvalue weighted by Gasteiger charge is 2.48. The second-order valence-corrected chi connectivity index (χ2v) is 12.7. The van der Waals surface area contributed by atoms with Crippen molar-refractivity contribution in [2.24, 2.45) is 11.1 Å². The van der Waals surface area contributed by atoms with Crippen molar-refractivity contribution in [2.75, 3.05) is 56.3 Å². The Hall–Kier alpha value is -2.67. The molecule has 0 aromatic carbocycles. The fourth-order valence-electron chi connectivity index (χ4n) is 6.05. The van der Waals surface area contributed by atoms with E-state index in [4.69, 9.17) is 24.9 Å². The van der Waals surface area contributed by atoms with Crippen LogP contribution < -0.4 is 20.3 Å². The number of aromatic nitrogens is 3. The molecule has 1 unspecified atom stereocenters. The number of hydrogen-bond acceptors (Lipinski definition) is 10. The third-order valence-corrected chi connectivity index (χ3v) is 9.62. The van der Waals surface area contributed by atoms with Gasteiger partial charge in [-0.15, -0.1) is 0 Å². The minimum Gasteiger partial charge on any atom is -0.486 e. The van der Waals surface area contributed by atoms with E-state index < -0.39 is 5.60 Å². The summed E-state index contributed by atoms with van der Waals surface area (Å²) in [6, 6.07) is 1.83. The van der Waals surface area contributed by atoms with Crippen LogP contribution in [0.5, 0.6) is 5.75 Å². The van der Waals surface area contributed by atoms with Gasteiger partial charge in [0.25, 0.3) is 0 Å². The number of amides is 2. The molecule has 0 aliphatic carbocycles. The van der Waals surface area contributed by atoms with Gasteiger partial charge in [0, 0.05) is 44.4 Å². The topological polar surface area (TPSA) is 119 Å². The number of rotatable bonds is 6. The molecule has 0 radical (unpaired) electrons. The number of pyridine rings is 1. The van der Waals surface area contributed by atoms with E-state index in [0.717, 1.165) is 48.3 Å². The third kappa shape index (κ3) is 4.81. The summed E-state index contributed by atoms with van der Waals surface area (Å²) in [5.41, 5.74) is 6.11. The van der Waals surface area contributed by atoms with Crippen LogP contribution in [-0.4, -0.2) is 96.2 Å². The summed E-state index contributed by atoms with van der Waals surface area (Å²) in [7, 11) is 1.66. The van der Waals surface area contributed by atoms with E-state index in [9.17, 15) is 4.79 Å². The van der Waals surface area contributed by atoms with Gasteiger partial charge in [0.2, 0.25) is 0 Å². The van der Waals surface area contributed by atoms with Gasteiger partial charge in [-0.2, -0.15) is 0 Å². The largest absolute Gasteiger partial charge is 0.486 e. The Morgan fingerprint density at radius 3 is 2.69 bits per heavy atom. The third-order valence-electron chi connectivity index (χ3n) is 8.65. The van der Waals surface area contributed by atoms with Crippen LogP contribution in [0.4, 0.5) is 16.4 Å². The predicted octanol–water partition coefficient (Wildman–Crippen LogP) is 2.78. The molecule has 2 amide bonds. The Bertz CT molecular complexity index is 1220. The summed E-state index contributed by atoms with van der Waals surface area (Å²) in [5, 5.41) is 0.752. The highest BCUT2D eigenvalue weighted by Crippen LogP contribution is 2.44. The van der Waals surface area contributed by atoms with E-state index >= 15 is 0 Å². The first-order valence-corrected chi connectivity index (χ1v) is 14.4. The first kappa shape index (κ1) is 26.5. The molecular weight excluding hydrogens is 518 g/mol. The standard InChI is InChI=1S/C27H37N7O4S/c1-17-23(28)27(16-38-17)6-9-32(10-7-27)20-11-31-21(12-30-20)39-19-5-8-29-24-22(19)37-14-18-13-33(25(35)34(18)24)15-26(2,3)36-4/h5,8,11-12,17-18,23H,6-7,9-10,13-16,28H2,1-4H3/t17-,18?,23+/m0/s1. The Kier molecular flexibility index (Phi) is 6.85. The molecule has 2 aromatic rings. The van der Waals surface area contributed by atoms with Crippen LogP contribution in [0.25, 0.3) is 0 Å². The summed E-state index contributed by atoms with van der Waals surface area (Å²) in [6.07, 6.45) is 7.45. The zero-order valence-electron chi connectivity index (χ0n) is 23.0. The van der Waals surface area contributed by atoms with Crippen molar-refractivity contribution >= 4 is 29.4 Å². The molecule has 3 saturated heterocycles. The molecule has 2 aromatic heterocycles. The lowest BCUT2D eigenvalue weighted by atomic mass is 9.73. The lowest BCUT2D eigenvalue weighted by Crippen LogP contribution is -2.50. The van der Waals surface area contributed by atoms with Crippen molar-refractivity contribution in [1.82, 2.24) is 19.9 Å². The van der Waals surface area contributed by atoms with Gasteiger partial charge in [-0.1, -0.05) is 11.8 Å². The van der Waals surface area contributed by atoms with Crippen LogP contribution in [0.15, 0.2) is 34.6 Å². The number of piperidine rings is 1. The average Bonchev–Trinajstić information content (AvgIpc) is 3.40. The normalized spacial score (nSPS) is 26.1. The Balaban J connectivity index is 1.13. The maximum absolute atomic E-state index is 13.3. The van der Waals surface area contributed by atoms with Crippen LogP contribution in [0.2, 0.25) is 0 Å². The van der Waals surface area contributed by atoms with E-state index in [-0.39, 0.29) is 29.6 Å². The average molecular weight is 556 g/mol. The summed E-state index contributed by atoms with van der Waals surface area (Å²) < 4.78 is 17.6. The van der Waals surface area contributed by atoms with E-state index in [2.05, 4.69) is 21.8 Å². The molecule has 39 heavy (non-hydrogen) atoms. The smallest absolute Gasteiger partial charge is 0.326 e. The minimum absolute atomic E-state index is 0.0728. The number of methoxy groups -OCH3 is 1. The van der Waals surface area contributed by atoms with Crippen molar-refractivity contribution in [3.63, 3.8) is 0 Å². The number of hydrogen-bond donors (Lipinski definition) is 1. The van der Waals surface area contributed by atoms with Crippen molar-refractivity contribution in [2.45, 2.75) is 67.3 Å². The quantitative estimate of drug-likeness (QED) is 0.570. The van der Waals surface area contributed by atoms with E-state index in [0.29, 0.717) is 31.3 Å². The molecule has 6 heterocycles. The number of carbonyl (C=O) groups excluding carboxylic acids is 1. The number of fused-ring (bicyclic) bond motifs is 3. The SMILES string of the molecule is COC(C)(C)CN1CC2COc3c(Sc4cnc(N5CCC6(CC5)CO[C@@H](C)[C@H]6N)cn4)ccnc3N2C1=O. The molecule has 12 heteroatoms. The predicted molar refractivity (Wildman–Crippen MR) is 147 cm³/mol. The molecule has 6 rings (SSSR count). The zero-order valence-corrected chi connectivity index (χ0v) is 23.8. The summed E-state index contributed by atoms with van der Waals surface area (Å²) >= 11 is 1.46. The van der Waals surface area contributed by atoms with Crippen LogP contribution in [0, 0.1) is 5.41 Å². The first-order valence-electron chi connectivity index (χ1n) is 13.6. The molecule has 1 spiro atoms. The Labute approximate surface area is 233 Å². The van der Waals surface area contributed by atoms with Crippen LogP contribution in [0.1, 0.15) is 33.6 Å². The number of ether oxygens (including phenoxy) is 3. The van der Waals surface area contributed by atoms with Gasteiger partial charge < -0.3 is 29.7 Å². The van der Waals surface area contributed by atoms with Crippen molar-refractivity contribution < 1.29 is 19.0 Å². The van der Waals surface area contributed by atoms with Crippen molar-refractivity contribution in [1.29, 1.82) is 0 Å². The Morgan fingerprint density at radius 1 is 1.23 bits per heavy atom. The van der Waals surface area contributed by atoms with Crippen LogP contribution in [-0.2, 0) is 9.47 Å². The number of nitrogens with two attached hydrogens (primary N) is 1. The lowest BCUT2D eigenvalue weighted by molar-refractivity contribution is 0.00370.